The first-order chi connectivity index (χ1) is 53.3. The standard InChI is InChI=1S/C46H46N2O4S.C45H41N5O6/c1-4-13-34(45-47(27-29-53-45)26-28-52-31-49)17-11-14-32(2)44-46(3,30-35-18-12-16-33-15-5-6-19-36(33)35)42-39-22-9-7-20-37(39)38-21-8-10-23-40(38)43(42)48(44)25-24-41(50)51;1-2-20-45(28-33-11-4-3-5-12-33)41-38-17-8-6-15-36(38)37-16-7-9-18-39(37)42(41)50(21-19-40(53)54)43(45)34(29-46)13-10-14-35(30-47)44-48(24-26-55-31-51)22-23-49(44)25-27-56-32-52/h5-12,14-23,27,29,31,34,45H,4,13,24-26,28,30H2,1-3H3;2-18,31-32H,1,19-28H2/p+2/b17-11+,32-14+;. The molecule has 0 radical (unpaired) electrons. The van der Waals surface area contributed by atoms with E-state index in [4.69, 9.17) is 14.2 Å². The van der Waals surface area contributed by atoms with Crippen molar-refractivity contribution >= 4 is 120 Å². The smallest absolute Gasteiger partial charge is 0.309 e. The topological polar surface area (TPSA) is 217 Å². The molecule has 13 rings (SSSR count). The number of nitriles is 2. The largest absolute Gasteiger partial charge is 0.481 e. The van der Waals surface area contributed by atoms with E-state index in [0.29, 0.717) is 101 Å². The van der Waals surface area contributed by atoms with Crippen molar-refractivity contribution in [1.29, 1.82) is 10.5 Å². The van der Waals surface area contributed by atoms with Gasteiger partial charge in [0.1, 0.15) is 70.1 Å². The van der Waals surface area contributed by atoms with Crippen molar-refractivity contribution in [2.24, 2.45) is 5.92 Å². The van der Waals surface area contributed by atoms with Crippen molar-refractivity contribution in [2.75, 3.05) is 70.5 Å². The molecule has 0 aliphatic carbocycles. The molecular weight excluding hydrogens is 1380 g/mol. The van der Waals surface area contributed by atoms with Crippen LogP contribution in [0.15, 0.2) is 253 Å². The summed E-state index contributed by atoms with van der Waals surface area (Å²) in [4.78, 5) is 63.3. The molecule has 0 aromatic heterocycles. The van der Waals surface area contributed by atoms with Gasteiger partial charge in [-0.1, -0.05) is 208 Å². The number of aliphatic carboxylic acids is 2. The molecule has 0 fully saturated rings. The SMILES string of the molecule is C=CCC1(Cc2ccccc2)C(=C(C#N)C=CC=C(C#N)C2=[N+](CCOC=O)CCN2CCOC=O)N(CCC(=O)O)c2c1c1ccccc1c1ccccc21.CCCC(/C=C/C=C(\C)C1=[N+](CCC(=O)O)c2c(c3ccccc3c3ccccc23)C1(C)Cc1cccc2ccccc12)C1SC=CN1CCOC=O. The van der Waals surface area contributed by atoms with Crippen LogP contribution in [-0.2, 0) is 61.9 Å². The summed E-state index contributed by atoms with van der Waals surface area (Å²) in [7, 11) is 0. The van der Waals surface area contributed by atoms with Crippen LogP contribution >= 0.6 is 11.8 Å². The van der Waals surface area contributed by atoms with Crippen molar-refractivity contribution in [3.8, 4) is 12.1 Å². The summed E-state index contributed by atoms with van der Waals surface area (Å²) in [5, 5.41) is 55.2. The Morgan fingerprint density at radius 1 is 0.670 bits per heavy atom. The fraction of sp³-hybridized carbons (Fsp3) is 0.264. The van der Waals surface area contributed by atoms with E-state index in [1.165, 1.54) is 38.1 Å². The summed E-state index contributed by atoms with van der Waals surface area (Å²) in [6.07, 6.45) is 19.3. The van der Waals surface area contributed by atoms with E-state index in [1.807, 2.05) is 62.9 Å². The average Bonchev–Trinajstić information content (AvgIpc) is 1.55. The lowest BCUT2D eigenvalue weighted by Gasteiger charge is -2.34. The van der Waals surface area contributed by atoms with Crippen LogP contribution in [0.3, 0.4) is 0 Å². The predicted molar refractivity (Wildman–Crippen MR) is 433 cm³/mol. The van der Waals surface area contributed by atoms with Gasteiger partial charge in [0, 0.05) is 46.3 Å². The van der Waals surface area contributed by atoms with E-state index < -0.39 is 22.8 Å². The van der Waals surface area contributed by atoms with E-state index in [1.54, 1.807) is 30.0 Å². The van der Waals surface area contributed by atoms with Crippen molar-refractivity contribution in [1.82, 2.24) is 9.80 Å². The van der Waals surface area contributed by atoms with Crippen LogP contribution in [0.1, 0.15) is 75.1 Å². The molecule has 17 nitrogen and oxygen atoms in total. The maximum atomic E-state index is 12.3. The summed E-state index contributed by atoms with van der Waals surface area (Å²) < 4.78 is 19.2. The van der Waals surface area contributed by atoms with Crippen LogP contribution in [0.5, 0.6) is 0 Å². The number of carboxylic acid groups (broad SMARTS) is 2. The molecule has 0 amide bonds. The van der Waals surface area contributed by atoms with Crippen molar-refractivity contribution in [3.63, 3.8) is 0 Å². The Labute approximate surface area is 639 Å². The highest BCUT2D eigenvalue weighted by Gasteiger charge is 2.53. The van der Waals surface area contributed by atoms with Gasteiger partial charge in [0.15, 0.2) is 12.3 Å². The molecule has 0 spiro atoms. The van der Waals surface area contributed by atoms with E-state index in [-0.39, 0.29) is 43.9 Å². The molecule has 18 heteroatoms. The lowest BCUT2D eigenvalue weighted by Crippen LogP contribution is -2.36. The number of hydrogen-bond acceptors (Lipinski definition) is 14. The zero-order valence-corrected chi connectivity index (χ0v) is 62.5. The average molecular weight is 1470 g/mol. The number of carboxylic acids is 2. The lowest BCUT2D eigenvalue weighted by molar-refractivity contribution is -0.519. The second-order valence-corrected chi connectivity index (χ2v) is 28.8. The Hall–Kier alpha value is -12.1. The van der Waals surface area contributed by atoms with Crippen molar-refractivity contribution < 1.29 is 57.5 Å². The highest BCUT2D eigenvalue weighted by atomic mass is 32.2. The molecule has 0 saturated carbocycles. The van der Waals surface area contributed by atoms with Crippen LogP contribution in [0.25, 0.3) is 53.9 Å². The number of nitrogens with zero attached hydrogens (tertiary/aromatic N) is 7. The molecule has 4 heterocycles. The first kappa shape index (κ1) is 76.5. The van der Waals surface area contributed by atoms with Crippen LogP contribution in [0.4, 0.5) is 11.4 Å². The summed E-state index contributed by atoms with van der Waals surface area (Å²) in [5.74, 6) is -0.903. The number of carbonyl (C=O) groups excluding carboxylic acids is 3. The van der Waals surface area contributed by atoms with Crippen LogP contribution in [0.2, 0.25) is 0 Å². The number of carbonyl (C=O) groups is 5. The molecule has 0 bridgehead atoms. The van der Waals surface area contributed by atoms with Gasteiger partial charge in [-0.15, -0.1) is 18.3 Å². The van der Waals surface area contributed by atoms with Gasteiger partial charge in [-0.25, -0.2) is 0 Å². The first-order valence-corrected chi connectivity index (χ1v) is 38.0. The number of fused-ring (bicyclic) bond motifs is 13. The van der Waals surface area contributed by atoms with Gasteiger partial charge in [-0.3, -0.25) is 33.4 Å². The van der Waals surface area contributed by atoms with E-state index in [9.17, 15) is 44.7 Å². The first-order valence-electron chi connectivity index (χ1n) is 37.0. The minimum atomic E-state index is -0.962. The lowest BCUT2D eigenvalue weighted by atomic mass is 9.69. The molecule has 4 aliphatic rings. The highest BCUT2D eigenvalue weighted by molar-refractivity contribution is 8.02. The fourth-order valence-electron chi connectivity index (χ4n) is 17.0. The Morgan fingerprint density at radius 3 is 1.92 bits per heavy atom. The zero-order chi connectivity index (χ0) is 76.4. The van der Waals surface area contributed by atoms with Gasteiger partial charge in [-0.05, 0) is 123 Å². The number of benzene rings is 9. The molecular formula is C91H89N7O10S+2. The Bertz CT molecular complexity index is 5330. The summed E-state index contributed by atoms with van der Waals surface area (Å²) in [6.45, 7) is 15.8. The second-order valence-electron chi connectivity index (χ2n) is 27.8. The number of amidine groups is 1. The maximum absolute atomic E-state index is 12.3. The van der Waals surface area contributed by atoms with E-state index >= 15 is 0 Å². The normalized spacial score (nSPS) is 18.3. The second kappa shape index (κ2) is 35.5. The quantitative estimate of drug-likeness (QED) is 0.00571. The molecule has 109 heavy (non-hydrogen) atoms. The third-order valence-electron chi connectivity index (χ3n) is 21.3. The zero-order valence-electron chi connectivity index (χ0n) is 61.7. The fourth-order valence-corrected chi connectivity index (χ4v) is 18.2. The van der Waals surface area contributed by atoms with Gasteiger partial charge < -0.3 is 34.2 Å². The van der Waals surface area contributed by atoms with Gasteiger partial charge in [0.05, 0.1) is 40.4 Å². The van der Waals surface area contributed by atoms with Crippen molar-refractivity contribution in [3.05, 3.63) is 275 Å². The summed E-state index contributed by atoms with van der Waals surface area (Å²) in [6, 6.07) is 63.6. The highest BCUT2D eigenvalue weighted by Crippen LogP contribution is 2.59. The van der Waals surface area contributed by atoms with Gasteiger partial charge in [0.25, 0.3) is 25.3 Å². The molecule has 2 N–H and O–H groups in total. The number of thioether (sulfide) groups is 1. The molecule has 4 unspecified atom stereocenters. The summed E-state index contributed by atoms with van der Waals surface area (Å²) >= 11 is 1.81. The Balaban J connectivity index is 0.000000203. The number of rotatable bonds is 33. The Morgan fingerprint density at radius 2 is 1.27 bits per heavy atom. The minimum absolute atomic E-state index is 0.0195. The molecule has 552 valence electrons. The number of allylic oxidation sites excluding steroid dienone is 9. The van der Waals surface area contributed by atoms with Gasteiger partial charge >= 0.3 is 11.9 Å². The molecule has 4 atom stereocenters. The van der Waals surface area contributed by atoms with Crippen molar-refractivity contribution in [2.45, 2.75) is 81.9 Å². The summed E-state index contributed by atoms with van der Waals surface area (Å²) in [5.41, 5.74) is 8.75. The predicted octanol–water partition coefficient (Wildman–Crippen LogP) is 16.4. The number of hydrogen-bond donors (Lipinski definition) is 2. The van der Waals surface area contributed by atoms with Gasteiger partial charge in [-0.2, -0.15) is 15.1 Å². The van der Waals surface area contributed by atoms with Crippen LogP contribution in [-0.4, -0.2) is 143 Å². The molecule has 0 saturated heterocycles. The molecule has 4 aliphatic heterocycles. The Kier molecular flexibility index (Phi) is 24.9. The monoisotopic (exact) mass is 1470 g/mol. The van der Waals surface area contributed by atoms with E-state index in [2.05, 4.69) is 206 Å². The minimum Gasteiger partial charge on any atom is -0.481 e. The number of anilines is 1. The number of ether oxygens (including phenoxy) is 3. The van der Waals surface area contributed by atoms with Gasteiger partial charge in [0.2, 0.25) is 5.69 Å². The third-order valence-corrected chi connectivity index (χ3v) is 22.4. The molecule has 9 aromatic carbocycles. The van der Waals surface area contributed by atoms with E-state index in [0.717, 1.165) is 80.0 Å². The maximum Gasteiger partial charge on any atom is 0.309 e. The third kappa shape index (κ3) is 16.0. The molecule has 9 aromatic rings. The van der Waals surface area contributed by atoms with Crippen LogP contribution in [0, 0.1) is 28.6 Å². The van der Waals surface area contributed by atoms with Crippen LogP contribution < -0.4 is 4.90 Å².